The first-order valence-corrected chi connectivity index (χ1v) is 19.9. The molecule has 4 aliphatic rings. The number of piperazine rings is 1. The summed E-state index contributed by atoms with van der Waals surface area (Å²) in [4.78, 5) is 58.0. The van der Waals surface area contributed by atoms with Crippen LogP contribution in [-0.4, -0.2) is 96.4 Å². The SMILES string of the molecule is CCc1cc(N2C(S)N(c3ccc(C#N)c(C(F)(F)F)c3)C(=O)C23CCC3)ccc1OCCN1CCN(CC(=O)Nc2cccc(NC3CCC(=O)NC3=O)c2)CC1. The van der Waals surface area contributed by atoms with Crippen LogP contribution in [0.15, 0.2) is 60.7 Å². The zero-order chi connectivity index (χ0) is 41.2. The molecule has 13 nitrogen and oxygen atoms in total. The average molecular weight is 819 g/mol. The number of nitrogens with one attached hydrogen (secondary N) is 3. The number of carbonyl (C=O) groups is 4. The first-order chi connectivity index (χ1) is 27.8. The number of nitriles is 1. The lowest BCUT2D eigenvalue weighted by Gasteiger charge is -2.44. The van der Waals surface area contributed by atoms with Crippen molar-refractivity contribution in [2.24, 2.45) is 0 Å². The summed E-state index contributed by atoms with van der Waals surface area (Å²) in [6, 6.07) is 17.2. The maximum atomic E-state index is 14.0. The highest BCUT2D eigenvalue weighted by Crippen LogP contribution is 2.51. The normalized spacial score (nSPS) is 21.1. The molecule has 306 valence electrons. The summed E-state index contributed by atoms with van der Waals surface area (Å²) in [5, 5.41) is 17.7. The Labute approximate surface area is 339 Å². The first-order valence-electron chi connectivity index (χ1n) is 19.4. The Hall–Kier alpha value is -5.31. The highest BCUT2D eigenvalue weighted by atomic mass is 32.1. The van der Waals surface area contributed by atoms with Crippen LogP contribution in [0.5, 0.6) is 5.75 Å². The van der Waals surface area contributed by atoms with Gasteiger partial charge in [-0.2, -0.15) is 18.4 Å². The molecule has 1 saturated carbocycles. The number of hydrogen-bond acceptors (Lipinski definition) is 11. The van der Waals surface area contributed by atoms with E-state index in [0.717, 1.165) is 42.9 Å². The van der Waals surface area contributed by atoms with E-state index in [4.69, 9.17) is 17.4 Å². The lowest BCUT2D eigenvalue weighted by atomic mass is 9.75. The number of benzene rings is 3. The molecule has 3 saturated heterocycles. The van der Waals surface area contributed by atoms with Crippen LogP contribution in [0.4, 0.5) is 35.9 Å². The number of carbonyl (C=O) groups excluding carboxylic acids is 4. The van der Waals surface area contributed by atoms with Crippen molar-refractivity contribution in [3.63, 3.8) is 0 Å². The number of anilines is 4. The molecule has 4 amide bonds. The van der Waals surface area contributed by atoms with E-state index in [1.54, 1.807) is 30.3 Å². The third-order valence-electron chi connectivity index (χ3n) is 11.4. The minimum absolute atomic E-state index is 0.0359. The smallest absolute Gasteiger partial charge is 0.417 e. The van der Waals surface area contributed by atoms with Gasteiger partial charge in [0.1, 0.15) is 23.9 Å². The number of alkyl halides is 3. The number of hydrogen-bond donors (Lipinski definition) is 4. The van der Waals surface area contributed by atoms with Crippen LogP contribution in [0.25, 0.3) is 0 Å². The number of amides is 4. The quantitative estimate of drug-likeness (QED) is 0.146. The predicted octanol–water partition coefficient (Wildman–Crippen LogP) is 4.98. The van der Waals surface area contributed by atoms with Crippen molar-refractivity contribution in [1.29, 1.82) is 5.26 Å². The number of ether oxygens (including phenoxy) is 1. The van der Waals surface area contributed by atoms with Gasteiger partial charge in [0.15, 0.2) is 5.50 Å². The molecule has 4 fully saturated rings. The van der Waals surface area contributed by atoms with Crippen LogP contribution in [0, 0.1) is 11.3 Å². The second kappa shape index (κ2) is 16.9. The summed E-state index contributed by atoms with van der Waals surface area (Å²) in [7, 11) is 0. The number of aryl methyl sites for hydroxylation is 1. The third-order valence-corrected chi connectivity index (χ3v) is 11.8. The van der Waals surface area contributed by atoms with E-state index in [-0.39, 0.29) is 42.3 Å². The maximum Gasteiger partial charge on any atom is 0.417 e. The minimum Gasteiger partial charge on any atom is -0.492 e. The van der Waals surface area contributed by atoms with Gasteiger partial charge < -0.3 is 20.3 Å². The number of thiol groups is 1. The van der Waals surface area contributed by atoms with Gasteiger partial charge in [0.2, 0.25) is 17.7 Å². The van der Waals surface area contributed by atoms with Gasteiger partial charge in [0.25, 0.3) is 5.91 Å². The number of rotatable bonds is 12. The summed E-state index contributed by atoms with van der Waals surface area (Å²) in [6.45, 7) is 6.29. The molecule has 3 aliphatic heterocycles. The van der Waals surface area contributed by atoms with E-state index < -0.39 is 34.4 Å². The standard InChI is InChI=1S/C41H45F3N8O5S/c1-2-26-21-31(52-39(58)51(38(56)40(52)13-4-14-40)30-8-7-27(24-45)32(23-30)41(42,43)44)9-11-34(26)57-20-19-49-15-17-50(18-16-49)25-36(54)47-29-6-3-5-28(22-29)46-33-10-12-35(53)48-37(33)55/h3,5-9,11,21-23,33,39,46,58H,2,4,10,12-20,25H2,1H3,(H,47,54)(H,48,53,55). The molecule has 2 unspecified atom stereocenters. The van der Waals surface area contributed by atoms with Gasteiger partial charge in [-0.25, -0.2) is 0 Å². The Kier molecular flexibility index (Phi) is 11.9. The van der Waals surface area contributed by atoms with Gasteiger partial charge in [-0.15, -0.1) is 12.6 Å². The Morgan fingerprint density at radius 1 is 1.00 bits per heavy atom. The molecule has 7 rings (SSSR count). The molecule has 0 bridgehead atoms. The van der Waals surface area contributed by atoms with Gasteiger partial charge in [0.05, 0.1) is 23.7 Å². The minimum atomic E-state index is -4.76. The molecular weight excluding hydrogens is 774 g/mol. The average Bonchev–Trinajstić information content (AvgIpc) is 3.42. The van der Waals surface area contributed by atoms with Crippen molar-refractivity contribution in [2.75, 3.05) is 66.3 Å². The molecule has 3 heterocycles. The summed E-state index contributed by atoms with van der Waals surface area (Å²) in [6.07, 6.45) is -1.57. The molecule has 1 spiro atoms. The predicted molar refractivity (Wildman–Crippen MR) is 215 cm³/mol. The zero-order valence-electron chi connectivity index (χ0n) is 32.0. The second-order valence-electron chi connectivity index (χ2n) is 15.0. The lowest BCUT2D eigenvalue weighted by Crippen LogP contribution is -2.55. The molecule has 0 radical (unpaired) electrons. The fraction of sp³-hybridized carbons (Fsp3) is 0.439. The van der Waals surface area contributed by atoms with E-state index in [9.17, 15) is 37.6 Å². The Morgan fingerprint density at radius 2 is 1.72 bits per heavy atom. The molecule has 3 aromatic carbocycles. The number of nitrogens with zero attached hydrogens (tertiary/aromatic N) is 5. The van der Waals surface area contributed by atoms with Gasteiger partial charge in [0, 0.05) is 61.9 Å². The fourth-order valence-corrected chi connectivity index (χ4v) is 8.68. The van der Waals surface area contributed by atoms with Gasteiger partial charge >= 0.3 is 6.18 Å². The van der Waals surface area contributed by atoms with Crippen LogP contribution < -0.4 is 30.5 Å². The summed E-state index contributed by atoms with van der Waals surface area (Å²) in [5.74, 6) is -0.398. The van der Waals surface area contributed by atoms with E-state index in [1.807, 2.05) is 30.0 Å². The van der Waals surface area contributed by atoms with E-state index in [0.29, 0.717) is 69.0 Å². The zero-order valence-corrected chi connectivity index (χ0v) is 32.9. The van der Waals surface area contributed by atoms with Crippen molar-refractivity contribution in [3.05, 3.63) is 77.4 Å². The second-order valence-corrected chi connectivity index (χ2v) is 15.5. The van der Waals surface area contributed by atoms with E-state index >= 15 is 0 Å². The van der Waals surface area contributed by atoms with Gasteiger partial charge in [-0.1, -0.05) is 13.0 Å². The third kappa shape index (κ3) is 8.45. The molecule has 3 N–H and O–H groups in total. The molecular formula is C41H45F3N8O5S. The topological polar surface area (TPSA) is 150 Å². The Bertz CT molecular complexity index is 2120. The van der Waals surface area contributed by atoms with Gasteiger partial charge in [-0.05, 0) is 92.3 Å². The van der Waals surface area contributed by atoms with E-state index in [1.165, 1.54) is 11.0 Å². The molecule has 58 heavy (non-hydrogen) atoms. The number of halogens is 3. The van der Waals surface area contributed by atoms with Crippen molar-refractivity contribution in [2.45, 2.75) is 68.7 Å². The fourth-order valence-electron chi connectivity index (χ4n) is 8.09. The highest BCUT2D eigenvalue weighted by Gasteiger charge is 2.60. The summed E-state index contributed by atoms with van der Waals surface area (Å²) >= 11 is 4.80. The van der Waals surface area contributed by atoms with Gasteiger partial charge in [-0.3, -0.25) is 39.2 Å². The molecule has 1 aliphatic carbocycles. The Morgan fingerprint density at radius 3 is 2.40 bits per heavy atom. The largest absolute Gasteiger partial charge is 0.492 e. The van der Waals surface area contributed by atoms with Crippen LogP contribution in [0.1, 0.15) is 55.7 Å². The molecule has 17 heteroatoms. The summed E-state index contributed by atoms with van der Waals surface area (Å²) in [5.41, 5.74) is -0.457. The van der Waals surface area contributed by atoms with Crippen molar-refractivity contribution < 1.29 is 37.1 Å². The first kappa shape index (κ1) is 40.9. The monoisotopic (exact) mass is 818 g/mol. The van der Waals surface area contributed by atoms with E-state index in [2.05, 4.69) is 25.8 Å². The molecule has 3 aromatic rings. The lowest BCUT2D eigenvalue weighted by molar-refractivity contribution is -0.138. The van der Waals surface area contributed by atoms with Crippen molar-refractivity contribution in [3.8, 4) is 11.8 Å². The highest BCUT2D eigenvalue weighted by molar-refractivity contribution is 7.81. The van der Waals surface area contributed by atoms with Crippen LogP contribution in [0.2, 0.25) is 0 Å². The van der Waals surface area contributed by atoms with Crippen LogP contribution in [-0.2, 0) is 31.8 Å². The van der Waals surface area contributed by atoms with Crippen molar-refractivity contribution in [1.82, 2.24) is 15.1 Å². The van der Waals surface area contributed by atoms with Crippen LogP contribution >= 0.6 is 12.6 Å². The van der Waals surface area contributed by atoms with Crippen molar-refractivity contribution >= 4 is 59.0 Å². The maximum absolute atomic E-state index is 14.0. The molecule has 2 atom stereocenters. The Balaban J connectivity index is 0.908. The number of imide groups is 1. The van der Waals surface area contributed by atoms with Crippen LogP contribution in [0.3, 0.4) is 0 Å². The summed E-state index contributed by atoms with van der Waals surface area (Å²) < 4.78 is 47.8. The molecule has 0 aromatic heterocycles. The number of piperidine rings is 1.